The maximum Gasteiger partial charge on any atom is 0.267 e. The smallest absolute Gasteiger partial charge is 0.267 e. The highest BCUT2D eigenvalue weighted by atomic mass is 32.2. The van der Waals surface area contributed by atoms with Crippen LogP contribution in [0.4, 0.5) is 0 Å². The lowest BCUT2D eigenvalue weighted by atomic mass is 10.0. The summed E-state index contributed by atoms with van der Waals surface area (Å²) in [4.78, 5) is 12.4. The van der Waals surface area contributed by atoms with Crippen LogP contribution in [0, 0.1) is 0 Å². The van der Waals surface area contributed by atoms with E-state index in [4.69, 9.17) is 0 Å². The van der Waals surface area contributed by atoms with Gasteiger partial charge in [-0.05, 0) is 19.3 Å². The molecule has 0 aromatic heterocycles. The minimum absolute atomic E-state index is 0.278. The predicted molar refractivity (Wildman–Crippen MR) is 198 cm³/mol. The van der Waals surface area contributed by atoms with Crippen LogP contribution in [-0.4, -0.2) is 41.9 Å². The zero-order valence-electron chi connectivity index (χ0n) is 30.5. The van der Waals surface area contributed by atoms with Crippen molar-refractivity contribution < 1.29 is 22.9 Å². The van der Waals surface area contributed by atoms with E-state index in [1.165, 1.54) is 154 Å². The number of hydrogen-bond donors (Lipinski definition) is 3. The molecule has 1 amide bonds. The standard InChI is InChI=1S/C39H77NO5S/c1-3-5-7-9-11-13-15-16-17-18-19-20-21-22-23-24-25-26-28-30-32-34-38(41)37(36-46(43,44)45)40-39(42)35-33-31-29-27-14-12-10-8-6-4-2/h32,34,37-38,41H,3-31,33,35-36H2,1-2H3,(H,40,42)(H,43,44,45)/b34-32+. The van der Waals surface area contributed by atoms with Crippen molar-refractivity contribution in [3.05, 3.63) is 12.2 Å². The molecule has 0 spiro atoms. The van der Waals surface area contributed by atoms with E-state index >= 15 is 0 Å². The molecular formula is C39H77NO5S. The van der Waals surface area contributed by atoms with Crippen molar-refractivity contribution >= 4 is 16.0 Å². The first-order valence-corrected chi connectivity index (χ1v) is 21.5. The van der Waals surface area contributed by atoms with Gasteiger partial charge in [0.05, 0.1) is 17.9 Å². The molecule has 0 aromatic rings. The Morgan fingerprint density at radius 2 is 0.891 bits per heavy atom. The number of unbranched alkanes of at least 4 members (excludes halogenated alkanes) is 28. The molecule has 0 aliphatic rings. The third kappa shape index (κ3) is 34.4. The van der Waals surface area contributed by atoms with Crippen molar-refractivity contribution in [1.82, 2.24) is 5.32 Å². The van der Waals surface area contributed by atoms with Crippen LogP contribution in [-0.2, 0) is 14.9 Å². The fourth-order valence-corrected chi connectivity index (χ4v) is 6.95. The molecule has 7 heteroatoms. The molecule has 6 nitrogen and oxygen atoms in total. The number of amides is 1. The summed E-state index contributed by atoms with van der Waals surface area (Å²) in [6.07, 6.45) is 40.6. The Hall–Kier alpha value is -0.920. The monoisotopic (exact) mass is 672 g/mol. The SMILES string of the molecule is CCCCCCCCCCCCCCCCCCCCC/C=C/C(O)C(CS(=O)(=O)O)NC(=O)CCCCCCCCCCCC. The van der Waals surface area contributed by atoms with Crippen LogP contribution in [0.1, 0.15) is 213 Å². The topological polar surface area (TPSA) is 104 Å². The minimum Gasteiger partial charge on any atom is -0.387 e. The summed E-state index contributed by atoms with van der Waals surface area (Å²) in [7, 11) is -4.33. The van der Waals surface area contributed by atoms with Crippen molar-refractivity contribution in [3.63, 3.8) is 0 Å². The molecule has 0 saturated carbocycles. The molecule has 46 heavy (non-hydrogen) atoms. The van der Waals surface area contributed by atoms with Crippen LogP contribution in [0.15, 0.2) is 12.2 Å². The first-order chi connectivity index (χ1) is 22.3. The van der Waals surface area contributed by atoms with Gasteiger partial charge < -0.3 is 10.4 Å². The number of allylic oxidation sites excluding steroid dienone is 1. The van der Waals surface area contributed by atoms with Crippen molar-refractivity contribution in [2.24, 2.45) is 0 Å². The van der Waals surface area contributed by atoms with Gasteiger partial charge in [0.1, 0.15) is 0 Å². The molecule has 2 atom stereocenters. The Bertz CT molecular complexity index is 785. The number of hydrogen-bond acceptors (Lipinski definition) is 4. The second-order valence-electron chi connectivity index (χ2n) is 13.9. The number of aliphatic hydroxyl groups excluding tert-OH is 1. The molecule has 3 N–H and O–H groups in total. The molecule has 0 fully saturated rings. The van der Waals surface area contributed by atoms with Crippen LogP contribution in [0.25, 0.3) is 0 Å². The zero-order valence-corrected chi connectivity index (χ0v) is 31.3. The third-order valence-electron chi connectivity index (χ3n) is 9.21. The lowest BCUT2D eigenvalue weighted by Gasteiger charge is -2.21. The van der Waals surface area contributed by atoms with Gasteiger partial charge in [0.15, 0.2) is 0 Å². The quantitative estimate of drug-likeness (QED) is 0.0349. The van der Waals surface area contributed by atoms with Gasteiger partial charge in [0, 0.05) is 6.42 Å². The third-order valence-corrected chi connectivity index (χ3v) is 9.99. The van der Waals surface area contributed by atoms with E-state index in [9.17, 15) is 22.9 Å². The summed E-state index contributed by atoms with van der Waals surface area (Å²) in [5.74, 6) is -0.971. The van der Waals surface area contributed by atoms with Gasteiger partial charge >= 0.3 is 0 Å². The van der Waals surface area contributed by atoms with Crippen molar-refractivity contribution in [2.75, 3.05) is 5.75 Å². The number of aliphatic hydroxyl groups is 1. The number of rotatable bonds is 36. The highest BCUT2D eigenvalue weighted by molar-refractivity contribution is 7.85. The van der Waals surface area contributed by atoms with Crippen LogP contribution >= 0.6 is 0 Å². The zero-order chi connectivity index (χ0) is 34.0. The van der Waals surface area contributed by atoms with Crippen LogP contribution in [0.2, 0.25) is 0 Å². The minimum atomic E-state index is -4.33. The second kappa shape index (κ2) is 34.0. The summed E-state index contributed by atoms with van der Waals surface area (Å²) in [5.41, 5.74) is 0. The molecule has 2 unspecified atom stereocenters. The number of carbonyl (C=O) groups excluding carboxylic acids is 1. The van der Waals surface area contributed by atoms with E-state index < -0.39 is 28.0 Å². The fourth-order valence-electron chi connectivity index (χ4n) is 6.21. The predicted octanol–water partition coefficient (Wildman–Crippen LogP) is 11.4. The molecule has 0 heterocycles. The molecule has 0 aliphatic heterocycles. The van der Waals surface area contributed by atoms with E-state index in [0.717, 1.165) is 38.5 Å². The van der Waals surface area contributed by atoms with Crippen molar-refractivity contribution in [1.29, 1.82) is 0 Å². The van der Waals surface area contributed by atoms with E-state index in [2.05, 4.69) is 19.2 Å². The number of carbonyl (C=O) groups is 1. The second-order valence-corrected chi connectivity index (χ2v) is 15.4. The van der Waals surface area contributed by atoms with Gasteiger partial charge in [0.2, 0.25) is 5.91 Å². The van der Waals surface area contributed by atoms with E-state index in [0.29, 0.717) is 6.42 Å². The molecule has 0 bridgehead atoms. The van der Waals surface area contributed by atoms with Gasteiger partial charge in [-0.3, -0.25) is 9.35 Å². The lowest BCUT2D eigenvalue weighted by molar-refractivity contribution is -0.122. The van der Waals surface area contributed by atoms with Gasteiger partial charge in [-0.2, -0.15) is 8.42 Å². The Morgan fingerprint density at radius 1 is 0.565 bits per heavy atom. The van der Waals surface area contributed by atoms with Crippen molar-refractivity contribution in [3.8, 4) is 0 Å². The normalized spacial score (nSPS) is 13.4. The van der Waals surface area contributed by atoms with Gasteiger partial charge in [-0.25, -0.2) is 0 Å². The highest BCUT2D eigenvalue weighted by Crippen LogP contribution is 2.15. The average Bonchev–Trinajstić information content (AvgIpc) is 3.01. The molecular weight excluding hydrogens is 594 g/mol. The molecule has 0 rings (SSSR count). The van der Waals surface area contributed by atoms with Crippen LogP contribution < -0.4 is 5.32 Å². The fraction of sp³-hybridized carbons (Fsp3) is 0.923. The summed E-state index contributed by atoms with van der Waals surface area (Å²) in [6.45, 7) is 4.50. The molecule has 0 saturated heterocycles. The Balaban J connectivity index is 3.84. The van der Waals surface area contributed by atoms with E-state index in [-0.39, 0.29) is 5.91 Å². The maximum absolute atomic E-state index is 12.4. The average molecular weight is 672 g/mol. The molecule has 0 radical (unpaired) electrons. The summed E-state index contributed by atoms with van der Waals surface area (Å²) in [6, 6.07) is -1.05. The van der Waals surface area contributed by atoms with Crippen molar-refractivity contribution in [2.45, 2.75) is 225 Å². The summed E-state index contributed by atoms with van der Waals surface area (Å²) in [5, 5.41) is 13.2. The Kier molecular flexibility index (Phi) is 33.3. The summed E-state index contributed by atoms with van der Waals surface area (Å²) >= 11 is 0. The van der Waals surface area contributed by atoms with E-state index in [1.54, 1.807) is 6.08 Å². The summed E-state index contributed by atoms with van der Waals surface area (Å²) < 4.78 is 32.4. The van der Waals surface area contributed by atoms with Crippen LogP contribution in [0.3, 0.4) is 0 Å². The van der Waals surface area contributed by atoms with Gasteiger partial charge in [-0.1, -0.05) is 199 Å². The Labute approximate surface area is 286 Å². The highest BCUT2D eigenvalue weighted by Gasteiger charge is 2.24. The number of nitrogens with one attached hydrogen (secondary N) is 1. The lowest BCUT2D eigenvalue weighted by Crippen LogP contribution is -2.46. The first-order valence-electron chi connectivity index (χ1n) is 19.9. The van der Waals surface area contributed by atoms with Crippen LogP contribution in [0.5, 0.6) is 0 Å². The first kappa shape index (κ1) is 45.1. The molecule has 0 aromatic carbocycles. The maximum atomic E-state index is 12.4. The Morgan fingerprint density at radius 3 is 1.24 bits per heavy atom. The largest absolute Gasteiger partial charge is 0.387 e. The molecule has 274 valence electrons. The van der Waals surface area contributed by atoms with E-state index in [1.807, 2.05) is 6.08 Å². The van der Waals surface area contributed by atoms with Gasteiger partial charge in [0.25, 0.3) is 10.1 Å². The van der Waals surface area contributed by atoms with Gasteiger partial charge in [-0.15, -0.1) is 0 Å². The molecule has 0 aliphatic carbocycles.